The van der Waals surface area contributed by atoms with E-state index in [9.17, 15) is 14.0 Å². The van der Waals surface area contributed by atoms with Crippen LogP contribution in [-0.2, 0) is 4.74 Å². The topological polar surface area (TPSA) is 64.6 Å². The Bertz CT molecular complexity index is 494. The average molecular weight is 269 g/mol. The van der Waals surface area contributed by atoms with E-state index >= 15 is 0 Å². The summed E-state index contributed by atoms with van der Waals surface area (Å²) in [5.74, 6) is -0.573. The van der Waals surface area contributed by atoms with E-state index in [1.165, 1.54) is 7.11 Å². The molecule has 1 N–H and O–H groups in total. The van der Waals surface area contributed by atoms with Crippen molar-refractivity contribution in [3.05, 3.63) is 23.5 Å². The van der Waals surface area contributed by atoms with Gasteiger partial charge in [0.2, 0.25) is 0 Å². The monoisotopic (exact) mass is 269 g/mol. The van der Waals surface area contributed by atoms with E-state index in [0.29, 0.717) is 6.29 Å². The van der Waals surface area contributed by atoms with Gasteiger partial charge in [-0.25, -0.2) is 9.18 Å². The van der Waals surface area contributed by atoms with Crippen molar-refractivity contribution in [3.8, 4) is 5.75 Å². The first-order chi connectivity index (χ1) is 8.76. The summed E-state index contributed by atoms with van der Waals surface area (Å²) in [6.07, 6.45) is -0.310. The van der Waals surface area contributed by atoms with E-state index in [1.807, 2.05) is 0 Å². The van der Waals surface area contributed by atoms with Gasteiger partial charge in [-0.05, 0) is 26.8 Å². The molecule has 5 nitrogen and oxygen atoms in total. The Morgan fingerprint density at radius 2 is 2.00 bits per heavy atom. The number of amides is 1. The van der Waals surface area contributed by atoms with Gasteiger partial charge in [0.05, 0.1) is 18.4 Å². The van der Waals surface area contributed by atoms with E-state index < -0.39 is 17.5 Å². The van der Waals surface area contributed by atoms with Gasteiger partial charge in [-0.15, -0.1) is 0 Å². The SMILES string of the molecule is COc1c(C=O)cc(F)cc1NC(=O)OC(C)(C)C. The average Bonchev–Trinajstić information content (AvgIpc) is 2.25. The molecule has 0 heterocycles. The lowest BCUT2D eigenvalue weighted by Crippen LogP contribution is -2.27. The maximum Gasteiger partial charge on any atom is 0.412 e. The van der Waals surface area contributed by atoms with Crippen LogP contribution in [0.15, 0.2) is 12.1 Å². The number of nitrogens with one attached hydrogen (secondary N) is 1. The summed E-state index contributed by atoms with van der Waals surface area (Å²) in [5, 5.41) is 2.35. The van der Waals surface area contributed by atoms with Crippen molar-refractivity contribution in [1.29, 1.82) is 0 Å². The molecule has 1 aromatic rings. The molecule has 6 heteroatoms. The minimum absolute atomic E-state index is 0.00792. The first kappa shape index (κ1) is 14.9. The summed E-state index contributed by atoms with van der Waals surface area (Å²) in [5.41, 5.74) is -0.634. The molecular formula is C13H16FNO4. The number of hydrogen-bond donors (Lipinski definition) is 1. The minimum atomic E-state index is -0.756. The molecule has 0 fully saturated rings. The third-order valence-corrected chi connectivity index (χ3v) is 2.05. The molecule has 0 saturated heterocycles. The molecule has 0 saturated carbocycles. The first-order valence-electron chi connectivity index (χ1n) is 5.59. The summed E-state index contributed by atoms with van der Waals surface area (Å²) in [4.78, 5) is 22.4. The molecule has 0 bridgehead atoms. The van der Waals surface area contributed by atoms with Crippen molar-refractivity contribution in [2.24, 2.45) is 0 Å². The van der Waals surface area contributed by atoms with Crippen LogP contribution in [0.2, 0.25) is 0 Å². The molecular weight excluding hydrogens is 253 g/mol. The van der Waals surface area contributed by atoms with Crippen LogP contribution in [0.5, 0.6) is 5.75 Å². The van der Waals surface area contributed by atoms with E-state index in [2.05, 4.69) is 5.32 Å². The molecule has 0 aliphatic rings. The highest BCUT2D eigenvalue weighted by molar-refractivity contribution is 5.91. The van der Waals surface area contributed by atoms with Crippen molar-refractivity contribution in [1.82, 2.24) is 0 Å². The smallest absolute Gasteiger partial charge is 0.412 e. The summed E-state index contributed by atoms with van der Waals surface area (Å²) in [6, 6.07) is 2.07. The quantitative estimate of drug-likeness (QED) is 0.857. The van der Waals surface area contributed by atoms with Crippen LogP contribution < -0.4 is 10.1 Å². The summed E-state index contributed by atoms with van der Waals surface area (Å²) in [7, 11) is 1.32. The number of anilines is 1. The fourth-order valence-electron chi connectivity index (χ4n) is 1.44. The molecule has 0 atom stereocenters. The Morgan fingerprint density at radius 1 is 1.37 bits per heavy atom. The zero-order valence-corrected chi connectivity index (χ0v) is 11.2. The van der Waals surface area contributed by atoms with Crippen LogP contribution in [0, 0.1) is 5.82 Å². The van der Waals surface area contributed by atoms with Crippen molar-refractivity contribution in [2.75, 3.05) is 12.4 Å². The summed E-state index contributed by atoms with van der Waals surface area (Å²) < 4.78 is 23.3. The Balaban J connectivity index is 3.03. The molecule has 104 valence electrons. The largest absolute Gasteiger partial charge is 0.494 e. The van der Waals surface area contributed by atoms with Gasteiger partial charge in [0, 0.05) is 6.07 Å². The van der Waals surface area contributed by atoms with Crippen LogP contribution >= 0.6 is 0 Å². The van der Waals surface area contributed by atoms with Crippen LogP contribution in [0.1, 0.15) is 31.1 Å². The van der Waals surface area contributed by atoms with Gasteiger partial charge in [0.15, 0.2) is 12.0 Å². The Kier molecular flexibility index (Phi) is 4.47. The van der Waals surface area contributed by atoms with Crippen molar-refractivity contribution in [3.63, 3.8) is 0 Å². The second kappa shape index (κ2) is 5.69. The van der Waals surface area contributed by atoms with Gasteiger partial charge in [-0.2, -0.15) is 0 Å². The number of carbonyl (C=O) groups excluding carboxylic acids is 2. The molecule has 0 aromatic heterocycles. The molecule has 0 radical (unpaired) electrons. The van der Waals surface area contributed by atoms with Crippen molar-refractivity contribution >= 4 is 18.1 Å². The number of hydrogen-bond acceptors (Lipinski definition) is 4. The second-order valence-electron chi connectivity index (χ2n) is 4.82. The molecule has 0 aliphatic carbocycles. The molecule has 1 rings (SSSR count). The van der Waals surface area contributed by atoms with Gasteiger partial charge in [-0.1, -0.05) is 0 Å². The van der Waals surface area contributed by atoms with Gasteiger partial charge in [0.25, 0.3) is 0 Å². The van der Waals surface area contributed by atoms with Crippen LogP contribution in [0.25, 0.3) is 0 Å². The first-order valence-corrected chi connectivity index (χ1v) is 5.59. The third kappa shape index (κ3) is 4.24. The maximum atomic E-state index is 13.3. The fourth-order valence-corrected chi connectivity index (χ4v) is 1.44. The lowest BCUT2D eigenvalue weighted by atomic mass is 10.2. The fraction of sp³-hybridized carbons (Fsp3) is 0.385. The molecule has 19 heavy (non-hydrogen) atoms. The number of benzene rings is 1. The summed E-state index contributed by atoms with van der Waals surface area (Å²) in [6.45, 7) is 5.10. The number of methoxy groups -OCH3 is 1. The zero-order valence-electron chi connectivity index (χ0n) is 11.2. The number of ether oxygens (including phenoxy) is 2. The number of aldehydes is 1. The van der Waals surface area contributed by atoms with Gasteiger partial charge < -0.3 is 9.47 Å². The standard InChI is InChI=1S/C13H16FNO4/c1-13(2,3)19-12(17)15-10-6-9(14)5-8(7-16)11(10)18-4/h5-7H,1-4H3,(H,15,17). The highest BCUT2D eigenvalue weighted by Gasteiger charge is 2.19. The highest BCUT2D eigenvalue weighted by Crippen LogP contribution is 2.29. The lowest BCUT2D eigenvalue weighted by Gasteiger charge is -2.20. The zero-order chi connectivity index (χ0) is 14.6. The van der Waals surface area contributed by atoms with Crippen LogP contribution in [-0.4, -0.2) is 25.1 Å². The predicted octanol–water partition coefficient (Wildman–Crippen LogP) is 2.99. The molecule has 0 spiro atoms. The molecule has 0 aliphatic heterocycles. The minimum Gasteiger partial charge on any atom is -0.494 e. The lowest BCUT2D eigenvalue weighted by molar-refractivity contribution is 0.0635. The normalized spacial score (nSPS) is 10.8. The maximum absolute atomic E-state index is 13.3. The molecule has 0 unspecified atom stereocenters. The Labute approximate surface area is 110 Å². The highest BCUT2D eigenvalue weighted by atomic mass is 19.1. The van der Waals surface area contributed by atoms with E-state index in [-0.39, 0.29) is 17.0 Å². The molecule has 1 aromatic carbocycles. The Morgan fingerprint density at radius 3 is 2.47 bits per heavy atom. The Hall–Kier alpha value is -2.11. The van der Waals surface area contributed by atoms with Crippen molar-refractivity contribution < 1.29 is 23.5 Å². The van der Waals surface area contributed by atoms with E-state index in [1.54, 1.807) is 20.8 Å². The number of rotatable bonds is 3. The summed E-state index contributed by atoms with van der Waals surface area (Å²) >= 11 is 0. The van der Waals surface area contributed by atoms with Crippen LogP contribution in [0.4, 0.5) is 14.9 Å². The van der Waals surface area contributed by atoms with Crippen LogP contribution in [0.3, 0.4) is 0 Å². The number of carbonyl (C=O) groups is 2. The van der Waals surface area contributed by atoms with E-state index in [4.69, 9.17) is 9.47 Å². The van der Waals surface area contributed by atoms with Gasteiger partial charge >= 0.3 is 6.09 Å². The molecule has 1 amide bonds. The van der Waals surface area contributed by atoms with Crippen molar-refractivity contribution in [2.45, 2.75) is 26.4 Å². The second-order valence-corrected chi connectivity index (χ2v) is 4.82. The third-order valence-electron chi connectivity index (χ3n) is 2.05. The number of halogens is 1. The predicted molar refractivity (Wildman–Crippen MR) is 68.2 cm³/mol. The van der Waals surface area contributed by atoms with Gasteiger partial charge in [-0.3, -0.25) is 10.1 Å². The van der Waals surface area contributed by atoms with E-state index in [0.717, 1.165) is 12.1 Å². The van der Waals surface area contributed by atoms with Gasteiger partial charge in [0.1, 0.15) is 11.4 Å².